The second-order valence-electron chi connectivity index (χ2n) is 6.14. The van der Waals surface area contributed by atoms with Gasteiger partial charge < -0.3 is 11.1 Å². The number of hydrogen-bond acceptors (Lipinski definition) is 2. The van der Waals surface area contributed by atoms with Crippen molar-refractivity contribution in [2.75, 3.05) is 0 Å². The summed E-state index contributed by atoms with van der Waals surface area (Å²) in [6.07, 6.45) is 3.54. The van der Waals surface area contributed by atoms with Gasteiger partial charge >= 0.3 is 0 Å². The van der Waals surface area contributed by atoms with Gasteiger partial charge in [0.25, 0.3) is 0 Å². The fourth-order valence-corrected chi connectivity index (χ4v) is 2.38. The van der Waals surface area contributed by atoms with E-state index in [1.54, 1.807) is 0 Å². The second-order valence-corrected chi connectivity index (χ2v) is 6.14. The molecule has 1 aromatic carbocycles. The molecule has 0 aromatic heterocycles. The third kappa shape index (κ3) is 3.30. The van der Waals surface area contributed by atoms with Gasteiger partial charge in [0.15, 0.2) is 0 Å². The highest BCUT2D eigenvalue weighted by atomic mass is 14.9. The Morgan fingerprint density at radius 1 is 1.35 bits per heavy atom. The van der Waals surface area contributed by atoms with Crippen molar-refractivity contribution < 1.29 is 0 Å². The quantitative estimate of drug-likeness (QED) is 0.823. The van der Waals surface area contributed by atoms with Gasteiger partial charge in [0.2, 0.25) is 0 Å². The molecule has 1 aromatic rings. The van der Waals surface area contributed by atoms with Crippen molar-refractivity contribution in [1.29, 1.82) is 0 Å². The van der Waals surface area contributed by atoms with Crippen LogP contribution in [0.5, 0.6) is 0 Å². The molecule has 0 aliphatic heterocycles. The highest BCUT2D eigenvalue weighted by molar-refractivity contribution is 5.36. The van der Waals surface area contributed by atoms with Gasteiger partial charge in [-0.15, -0.1) is 0 Å². The third-order valence-electron chi connectivity index (χ3n) is 3.39. The molecule has 0 bridgehead atoms. The number of nitrogens with one attached hydrogen (secondary N) is 1. The molecule has 0 spiro atoms. The van der Waals surface area contributed by atoms with Crippen LogP contribution in [0.3, 0.4) is 0 Å². The van der Waals surface area contributed by atoms with E-state index < -0.39 is 0 Å². The molecule has 0 heterocycles. The zero-order valence-corrected chi connectivity index (χ0v) is 11.2. The average molecular weight is 232 g/mol. The van der Waals surface area contributed by atoms with E-state index in [9.17, 15) is 0 Å². The van der Waals surface area contributed by atoms with Crippen LogP contribution in [0.25, 0.3) is 0 Å². The molecular weight excluding hydrogens is 208 g/mol. The lowest BCUT2D eigenvalue weighted by Crippen LogP contribution is -2.35. The highest BCUT2D eigenvalue weighted by Crippen LogP contribution is 2.28. The van der Waals surface area contributed by atoms with Gasteiger partial charge in [0.05, 0.1) is 0 Å². The van der Waals surface area contributed by atoms with Gasteiger partial charge in [-0.05, 0) is 56.7 Å². The molecule has 2 nitrogen and oxygen atoms in total. The average Bonchev–Trinajstić information content (AvgIpc) is 2.26. The Labute approximate surface area is 105 Å². The molecule has 17 heavy (non-hydrogen) atoms. The fourth-order valence-electron chi connectivity index (χ4n) is 2.38. The Morgan fingerprint density at radius 3 is 2.82 bits per heavy atom. The Kier molecular flexibility index (Phi) is 3.55. The number of hydrogen-bond donors (Lipinski definition) is 2. The monoisotopic (exact) mass is 232 g/mol. The van der Waals surface area contributed by atoms with Crippen LogP contribution in [0.15, 0.2) is 18.2 Å². The first-order chi connectivity index (χ1) is 7.96. The van der Waals surface area contributed by atoms with E-state index in [-0.39, 0.29) is 11.6 Å². The molecule has 1 aliphatic rings. The van der Waals surface area contributed by atoms with Crippen molar-refractivity contribution in [2.45, 2.75) is 58.2 Å². The summed E-state index contributed by atoms with van der Waals surface area (Å²) >= 11 is 0. The molecule has 0 saturated carbocycles. The van der Waals surface area contributed by atoms with Gasteiger partial charge in [-0.2, -0.15) is 0 Å². The maximum Gasteiger partial charge on any atom is 0.0297 e. The van der Waals surface area contributed by atoms with Crippen molar-refractivity contribution in [1.82, 2.24) is 5.32 Å². The first-order valence-electron chi connectivity index (χ1n) is 6.58. The normalized spacial score (nSPS) is 20.1. The minimum Gasteiger partial charge on any atom is -0.324 e. The maximum absolute atomic E-state index is 6.12. The van der Waals surface area contributed by atoms with E-state index in [0.717, 1.165) is 13.0 Å². The Balaban J connectivity index is 2.11. The summed E-state index contributed by atoms with van der Waals surface area (Å²) in [4.78, 5) is 0. The second kappa shape index (κ2) is 4.79. The number of benzene rings is 1. The van der Waals surface area contributed by atoms with Crippen LogP contribution in [-0.2, 0) is 13.0 Å². The number of nitrogens with two attached hydrogens (primary N) is 1. The zero-order valence-electron chi connectivity index (χ0n) is 11.2. The van der Waals surface area contributed by atoms with Crippen LogP contribution in [0.2, 0.25) is 0 Å². The minimum atomic E-state index is 0.173. The predicted molar refractivity (Wildman–Crippen MR) is 72.9 cm³/mol. The summed E-state index contributed by atoms with van der Waals surface area (Å²) in [5.74, 6) is 0. The molecule has 0 amide bonds. The van der Waals surface area contributed by atoms with Gasteiger partial charge in [0, 0.05) is 18.1 Å². The topological polar surface area (TPSA) is 38.0 Å². The smallest absolute Gasteiger partial charge is 0.0297 e. The summed E-state index contributed by atoms with van der Waals surface area (Å²) in [6, 6.07) is 7.01. The summed E-state index contributed by atoms with van der Waals surface area (Å²) in [5.41, 5.74) is 10.5. The molecule has 0 saturated heterocycles. The van der Waals surface area contributed by atoms with Gasteiger partial charge in [-0.1, -0.05) is 18.2 Å². The van der Waals surface area contributed by atoms with Gasteiger partial charge in [-0.25, -0.2) is 0 Å². The van der Waals surface area contributed by atoms with E-state index in [0.29, 0.717) is 0 Å². The first kappa shape index (κ1) is 12.6. The molecule has 0 unspecified atom stereocenters. The lowest BCUT2D eigenvalue weighted by molar-refractivity contribution is 0.424. The molecule has 3 N–H and O–H groups in total. The summed E-state index contributed by atoms with van der Waals surface area (Å²) in [6.45, 7) is 7.52. The van der Waals surface area contributed by atoms with E-state index in [1.165, 1.54) is 29.5 Å². The summed E-state index contributed by atoms with van der Waals surface area (Å²) < 4.78 is 0. The fraction of sp³-hybridized carbons (Fsp3) is 0.600. The van der Waals surface area contributed by atoms with Crippen LogP contribution in [0.4, 0.5) is 0 Å². The van der Waals surface area contributed by atoms with E-state index >= 15 is 0 Å². The largest absolute Gasteiger partial charge is 0.324 e. The molecule has 2 heteroatoms. The van der Waals surface area contributed by atoms with Gasteiger partial charge in [0.1, 0.15) is 0 Å². The zero-order chi connectivity index (χ0) is 12.5. The lowest BCUT2D eigenvalue weighted by atomic mass is 9.87. The number of aryl methyl sites for hydroxylation is 1. The van der Waals surface area contributed by atoms with Crippen molar-refractivity contribution in [3.8, 4) is 0 Å². The molecule has 0 radical (unpaired) electrons. The Hall–Kier alpha value is -0.860. The van der Waals surface area contributed by atoms with E-state index in [1.807, 2.05) is 0 Å². The SMILES string of the molecule is CC(C)(C)NCc1ccc2c(c1)CCC[C@H]2N. The molecular formula is C15H24N2. The van der Waals surface area contributed by atoms with Crippen LogP contribution in [0.1, 0.15) is 56.3 Å². The predicted octanol–water partition coefficient (Wildman–Crippen LogP) is 2.91. The van der Waals surface area contributed by atoms with Crippen LogP contribution < -0.4 is 11.1 Å². The van der Waals surface area contributed by atoms with Crippen molar-refractivity contribution >= 4 is 0 Å². The molecule has 94 valence electrons. The van der Waals surface area contributed by atoms with Crippen LogP contribution in [-0.4, -0.2) is 5.54 Å². The van der Waals surface area contributed by atoms with E-state index in [2.05, 4.69) is 44.3 Å². The molecule has 1 aliphatic carbocycles. The van der Waals surface area contributed by atoms with Crippen molar-refractivity contribution in [3.05, 3.63) is 34.9 Å². The summed E-state index contributed by atoms with van der Waals surface area (Å²) in [7, 11) is 0. The Bertz CT molecular complexity index is 390. The molecule has 2 rings (SSSR count). The van der Waals surface area contributed by atoms with Crippen LogP contribution in [0, 0.1) is 0 Å². The van der Waals surface area contributed by atoms with E-state index in [4.69, 9.17) is 5.73 Å². The highest BCUT2D eigenvalue weighted by Gasteiger charge is 2.17. The van der Waals surface area contributed by atoms with Crippen molar-refractivity contribution in [3.63, 3.8) is 0 Å². The molecule has 0 fully saturated rings. The Morgan fingerprint density at radius 2 is 2.12 bits per heavy atom. The summed E-state index contributed by atoms with van der Waals surface area (Å²) in [5, 5.41) is 3.52. The maximum atomic E-state index is 6.12. The van der Waals surface area contributed by atoms with Crippen LogP contribution >= 0.6 is 0 Å². The van der Waals surface area contributed by atoms with Crippen molar-refractivity contribution in [2.24, 2.45) is 5.73 Å². The third-order valence-corrected chi connectivity index (χ3v) is 3.39. The first-order valence-corrected chi connectivity index (χ1v) is 6.58. The minimum absolute atomic E-state index is 0.173. The van der Waals surface area contributed by atoms with Gasteiger partial charge in [-0.3, -0.25) is 0 Å². The lowest BCUT2D eigenvalue weighted by Gasteiger charge is -2.24. The number of fused-ring (bicyclic) bond motifs is 1. The molecule has 1 atom stereocenters. The number of rotatable bonds is 2. The standard InChI is InChI=1S/C15H24N2/c1-15(2,3)17-10-11-7-8-13-12(9-11)5-4-6-14(13)16/h7-9,14,17H,4-6,10,16H2,1-3H3/t14-/m1/s1.